The summed E-state index contributed by atoms with van der Waals surface area (Å²) < 4.78 is 8.49. The van der Waals surface area contributed by atoms with Crippen molar-refractivity contribution < 1.29 is 54.5 Å². The summed E-state index contributed by atoms with van der Waals surface area (Å²) in [5.41, 5.74) is 7.07. The first kappa shape index (κ1) is 38.4. The zero-order chi connectivity index (χ0) is 34.8. The molecule has 2 aromatic carbocycles. The van der Waals surface area contributed by atoms with Crippen LogP contribution in [0, 0.1) is 0 Å². The van der Waals surface area contributed by atoms with Gasteiger partial charge in [0, 0.05) is 48.4 Å². The van der Waals surface area contributed by atoms with Crippen molar-refractivity contribution in [3.63, 3.8) is 0 Å². The number of rotatable bonds is 7. The Balaban J connectivity index is 0.000000194. The molecule has 0 amide bonds. The number of carboxylic acid groups (broad SMARTS) is 1. The van der Waals surface area contributed by atoms with Crippen LogP contribution in [0.25, 0.3) is 32.8 Å². The van der Waals surface area contributed by atoms with Gasteiger partial charge in [-0.05, 0) is 78.7 Å². The number of benzene rings is 2. The molecule has 0 atom stereocenters. The molecule has 14 heteroatoms. The number of carbonyl (C=O) groups excluding carboxylic acids is 1. The third-order valence-electron chi connectivity index (χ3n) is 8.07. The number of carboxylic acids is 1. The first-order chi connectivity index (χ1) is 24.3. The molecular weight excluding hydrogens is 714 g/mol. The number of hydrogen-bond donors (Lipinski definition) is 1. The number of halogens is 2. The van der Waals surface area contributed by atoms with E-state index in [0.29, 0.717) is 35.3 Å². The molecule has 0 fully saturated rings. The first-order valence-electron chi connectivity index (χ1n) is 15.7. The van der Waals surface area contributed by atoms with Crippen LogP contribution in [0.2, 0.25) is 10.0 Å². The van der Waals surface area contributed by atoms with Crippen LogP contribution in [0.1, 0.15) is 50.7 Å². The topological polar surface area (TPSA) is 154 Å². The number of aromatic carboxylic acids is 1. The molecule has 0 unspecified atom stereocenters. The number of ether oxygens (including phenoxy) is 1. The summed E-state index contributed by atoms with van der Waals surface area (Å²) in [5.74, 6) is -1.15. The van der Waals surface area contributed by atoms with E-state index in [1.54, 1.807) is 40.4 Å². The van der Waals surface area contributed by atoms with Crippen LogP contribution < -0.4 is 29.6 Å². The van der Waals surface area contributed by atoms with Gasteiger partial charge in [0.15, 0.2) is 0 Å². The van der Waals surface area contributed by atoms with Gasteiger partial charge in [0.1, 0.15) is 0 Å². The van der Waals surface area contributed by atoms with E-state index >= 15 is 0 Å². The van der Waals surface area contributed by atoms with Gasteiger partial charge in [-0.3, -0.25) is 18.8 Å². The average Bonchev–Trinajstić information content (AvgIpc) is 3.67. The zero-order valence-corrected chi connectivity index (χ0v) is 31.6. The zero-order valence-electron chi connectivity index (χ0n) is 28.1. The minimum absolute atomic E-state index is 0. The molecule has 0 aliphatic heterocycles. The van der Waals surface area contributed by atoms with E-state index in [4.69, 9.17) is 27.9 Å². The van der Waals surface area contributed by atoms with Crippen molar-refractivity contribution in [2.75, 3.05) is 6.61 Å². The summed E-state index contributed by atoms with van der Waals surface area (Å²) in [7, 11) is 0. The van der Waals surface area contributed by atoms with Crippen LogP contribution in [-0.4, -0.2) is 57.9 Å². The predicted molar refractivity (Wildman–Crippen MR) is 194 cm³/mol. The maximum atomic E-state index is 12.2. The standard InChI is InChI=1S/C20H16ClN3O2.C18H12ClN3O2.Na.H2O/c1-2-26-20(25)19-23-17(18-5-3-4-8-24(18)19)10-13-6-7-16-14(9-13)11-15(21)12-22-16;19-13-9-12-7-11(4-5-14(12)20-10-13)8-15-16-3-1-2-6-22(16)17(21-15)18(23)24;;/h3-9,11-12H,2,10H2,1H3;1-7,9-10H,8H2,(H,23,24);;1H2/q;;+1;/p-1. The van der Waals surface area contributed by atoms with Crippen molar-refractivity contribution in [1.82, 2.24) is 28.7 Å². The van der Waals surface area contributed by atoms with Crippen LogP contribution in [0.5, 0.6) is 0 Å². The molecule has 0 spiro atoms. The van der Waals surface area contributed by atoms with Gasteiger partial charge in [0.2, 0.25) is 11.6 Å². The van der Waals surface area contributed by atoms with Crippen LogP contribution in [0.15, 0.2) is 110 Å². The van der Waals surface area contributed by atoms with Crippen LogP contribution in [-0.2, 0) is 17.6 Å². The summed E-state index contributed by atoms with van der Waals surface area (Å²) in [4.78, 5) is 41.0. The van der Waals surface area contributed by atoms with Gasteiger partial charge in [-0.25, -0.2) is 19.6 Å². The number of esters is 1. The second-order valence-corrected chi connectivity index (χ2v) is 12.3. The van der Waals surface area contributed by atoms with Crippen LogP contribution >= 0.6 is 23.2 Å². The number of carbonyl (C=O) groups is 2. The van der Waals surface area contributed by atoms with E-state index in [2.05, 4.69) is 19.9 Å². The SMILES string of the molecule is CCOC(=O)c1nc(Cc2ccc3ncc(Cl)cc3c2)c2ccccn12.O=C(O)c1nc(Cc2ccc3ncc(Cl)cc3c2)c2ccccn12.[Na+].[OH-]. The van der Waals surface area contributed by atoms with Gasteiger partial charge >= 0.3 is 41.5 Å². The Morgan fingerprint density at radius 3 is 1.67 bits per heavy atom. The molecule has 6 heterocycles. The van der Waals surface area contributed by atoms with Gasteiger partial charge in [0.05, 0.1) is 50.1 Å². The molecule has 0 aliphatic rings. The molecule has 256 valence electrons. The summed E-state index contributed by atoms with van der Waals surface area (Å²) in [5, 5.41) is 12.4. The first-order valence-corrected chi connectivity index (χ1v) is 16.4. The molecule has 0 saturated heterocycles. The number of fused-ring (bicyclic) bond motifs is 4. The number of nitrogens with zero attached hydrogens (tertiary/aromatic N) is 6. The molecule has 8 aromatic rings. The van der Waals surface area contributed by atoms with Crippen LogP contribution in [0.3, 0.4) is 0 Å². The quantitative estimate of drug-likeness (QED) is 0.176. The Kier molecular flexibility index (Phi) is 12.3. The van der Waals surface area contributed by atoms with Crippen molar-refractivity contribution in [1.29, 1.82) is 0 Å². The van der Waals surface area contributed by atoms with Crippen molar-refractivity contribution in [3.05, 3.63) is 154 Å². The van der Waals surface area contributed by atoms with Gasteiger partial charge in [-0.2, -0.15) is 0 Å². The molecular formula is C38H29Cl2N6NaO5. The van der Waals surface area contributed by atoms with Gasteiger partial charge in [-0.15, -0.1) is 0 Å². The normalized spacial score (nSPS) is 10.8. The minimum atomic E-state index is -1.04. The molecule has 0 saturated carbocycles. The molecule has 8 rings (SSSR count). The minimum Gasteiger partial charge on any atom is -0.870 e. The summed E-state index contributed by atoms with van der Waals surface area (Å²) >= 11 is 12.1. The van der Waals surface area contributed by atoms with Crippen LogP contribution in [0.4, 0.5) is 0 Å². The van der Waals surface area contributed by atoms with Crippen molar-refractivity contribution in [2.45, 2.75) is 19.8 Å². The number of pyridine rings is 4. The number of imidazole rings is 2. The smallest absolute Gasteiger partial charge is 0.870 e. The fraction of sp³-hybridized carbons (Fsp3) is 0.105. The average molecular weight is 744 g/mol. The third kappa shape index (κ3) is 8.10. The van der Waals surface area contributed by atoms with E-state index in [1.807, 2.05) is 85.1 Å². The largest absolute Gasteiger partial charge is 1.00 e. The Morgan fingerprint density at radius 1 is 0.712 bits per heavy atom. The molecule has 0 radical (unpaired) electrons. The van der Waals surface area contributed by atoms with Gasteiger partial charge in [-0.1, -0.05) is 47.5 Å². The molecule has 6 aromatic heterocycles. The fourth-order valence-corrected chi connectivity index (χ4v) is 6.20. The fourth-order valence-electron chi connectivity index (χ4n) is 5.87. The maximum Gasteiger partial charge on any atom is 1.00 e. The van der Waals surface area contributed by atoms with E-state index in [1.165, 1.54) is 0 Å². The third-order valence-corrected chi connectivity index (χ3v) is 8.48. The van der Waals surface area contributed by atoms with E-state index in [9.17, 15) is 14.7 Å². The Morgan fingerprint density at radius 2 is 1.19 bits per heavy atom. The number of aromatic nitrogens is 6. The Labute approximate surface area is 329 Å². The van der Waals surface area contributed by atoms with Gasteiger partial charge in [0.25, 0.3) is 0 Å². The van der Waals surface area contributed by atoms with Crippen molar-refractivity contribution >= 4 is 68.0 Å². The number of hydrogen-bond acceptors (Lipinski definition) is 8. The van der Waals surface area contributed by atoms with Gasteiger partial charge < -0.3 is 15.3 Å². The van der Waals surface area contributed by atoms with Crippen molar-refractivity contribution in [2.24, 2.45) is 0 Å². The molecule has 0 bridgehead atoms. The summed E-state index contributed by atoms with van der Waals surface area (Å²) in [6.07, 6.45) is 7.91. The predicted octanol–water partition coefficient (Wildman–Crippen LogP) is 4.96. The van der Waals surface area contributed by atoms with E-state index in [0.717, 1.165) is 55.4 Å². The van der Waals surface area contributed by atoms with Crippen molar-refractivity contribution in [3.8, 4) is 0 Å². The Hall–Kier alpha value is -4.88. The molecule has 0 aliphatic carbocycles. The van der Waals surface area contributed by atoms with E-state index in [-0.39, 0.29) is 40.9 Å². The second-order valence-electron chi connectivity index (χ2n) is 11.4. The molecule has 52 heavy (non-hydrogen) atoms. The monoisotopic (exact) mass is 742 g/mol. The maximum absolute atomic E-state index is 12.2. The molecule has 2 N–H and O–H groups in total. The van der Waals surface area contributed by atoms with E-state index < -0.39 is 11.9 Å². The molecule has 11 nitrogen and oxygen atoms in total. The second kappa shape index (κ2) is 16.6. The summed E-state index contributed by atoms with van der Waals surface area (Å²) in [6, 6.07) is 27.0. The Bertz CT molecular complexity index is 2570. The summed E-state index contributed by atoms with van der Waals surface area (Å²) in [6.45, 7) is 2.09.